The number of thioether (sulfide) groups is 1. The topological polar surface area (TPSA) is 98.9 Å². The molecule has 0 amide bonds. The zero-order chi connectivity index (χ0) is 26.6. The molecule has 0 fully saturated rings. The molecule has 0 saturated heterocycles. The van der Waals surface area contributed by atoms with E-state index in [-0.39, 0.29) is 17.2 Å². The van der Waals surface area contributed by atoms with E-state index in [9.17, 15) is 10.1 Å². The molecule has 196 valence electrons. The van der Waals surface area contributed by atoms with Crippen LogP contribution in [0.25, 0.3) is 16.6 Å². The maximum Gasteiger partial charge on any atom is 0.271 e. The zero-order valence-corrected chi connectivity index (χ0v) is 22.0. The van der Waals surface area contributed by atoms with Gasteiger partial charge in [0.2, 0.25) is 0 Å². The molecule has 2 heterocycles. The van der Waals surface area contributed by atoms with Crippen molar-refractivity contribution in [1.29, 1.82) is 0 Å². The number of nitrogens with zero attached hydrogens (tertiary/aromatic N) is 4. The number of rotatable bonds is 9. The molecule has 0 bridgehead atoms. The van der Waals surface area contributed by atoms with Crippen molar-refractivity contribution in [1.82, 2.24) is 19.7 Å². The Balaban J connectivity index is 1.19. The first-order chi connectivity index (χ1) is 19.2. The van der Waals surface area contributed by atoms with Gasteiger partial charge in [-0.2, -0.15) is 0 Å². The Morgan fingerprint density at radius 1 is 1.05 bits per heavy atom. The van der Waals surface area contributed by atoms with Crippen molar-refractivity contribution in [3.8, 4) is 11.4 Å². The van der Waals surface area contributed by atoms with E-state index in [2.05, 4.69) is 39.5 Å². The Labute approximate surface area is 229 Å². The molecule has 5 aromatic rings. The van der Waals surface area contributed by atoms with Gasteiger partial charge in [0, 0.05) is 35.2 Å². The molecule has 3 aromatic carbocycles. The van der Waals surface area contributed by atoms with Gasteiger partial charge in [0.25, 0.3) is 5.69 Å². The summed E-state index contributed by atoms with van der Waals surface area (Å²) >= 11 is 1.56. The molecular formula is C30H27N5O3S. The SMILES string of the molecule is O=[N+]([O-])c1ccc2c(CSc3nnc(COc4ccc([C@H]5CC=CCC5)cc4)n3-c3ccccc3)c[nH]c2c1. The Kier molecular flexibility index (Phi) is 7.14. The van der Waals surface area contributed by atoms with Crippen LogP contribution in [-0.2, 0) is 12.4 Å². The molecule has 39 heavy (non-hydrogen) atoms. The highest BCUT2D eigenvalue weighted by Gasteiger charge is 2.17. The van der Waals surface area contributed by atoms with Crippen molar-refractivity contribution in [3.63, 3.8) is 0 Å². The minimum atomic E-state index is -0.386. The summed E-state index contributed by atoms with van der Waals surface area (Å²) < 4.78 is 8.16. The number of fused-ring (bicyclic) bond motifs is 1. The lowest BCUT2D eigenvalue weighted by Gasteiger charge is -2.18. The van der Waals surface area contributed by atoms with E-state index in [4.69, 9.17) is 4.74 Å². The third kappa shape index (κ3) is 5.44. The lowest BCUT2D eigenvalue weighted by Crippen LogP contribution is -2.07. The fraction of sp³-hybridized carbons (Fsp3) is 0.200. The van der Waals surface area contributed by atoms with Crippen LogP contribution in [0.2, 0.25) is 0 Å². The van der Waals surface area contributed by atoms with Crippen molar-refractivity contribution in [3.05, 3.63) is 118 Å². The fourth-order valence-corrected chi connectivity index (χ4v) is 5.92. The van der Waals surface area contributed by atoms with Crippen LogP contribution in [0.3, 0.4) is 0 Å². The van der Waals surface area contributed by atoms with E-state index in [0.717, 1.165) is 45.9 Å². The summed E-state index contributed by atoms with van der Waals surface area (Å²) in [6.07, 6.45) is 9.85. The summed E-state index contributed by atoms with van der Waals surface area (Å²) in [5, 5.41) is 21.8. The summed E-state index contributed by atoms with van der Waals surface area (Å²) in [5.74, 6) is 2.72. The van der Waals surface area contributed by atoms with Gasteiger partial charge < -0.3 is 9.72 Å². The molecule has 9 heteroatoms. The molecule has 0 radical (unpaired) electrons. The summed E-state index contributed by atoms with van der Waals surface area (Å²) in [5.41, 5.74) is 4.16. The fourth-order valence-electron chi connectivity index (χ4n) is 4.95. The third-order valence-electron chi connectivity index (χ3n) is 7.02. The van der Waals surface area contributed by atoms with Gasteiger partial charge in [0.1, 0.15) is 12.4 Å². The highest BCUT2D eigenvalue weighted by molar-refractivity contribution is 7.98. The van der Waals surface area contributed by atoms with Crippen molar-refractivity contribution in [2.45, 2.75) is 42.7 Å². The van der Waals surface area contributed by atoms with Crippen molar-refractivity contribution in [2.75, 3.05) is 0 Å². The maximum atomic E-state index is 11.1. The van der Waals surface area contributed by atoms with Crippen LogP contribution in [0.4, 0.5) is 5.69 Å². The number of nitro groups is 1. The van der Waals surface area contributed by atoms with Crippen LogP contribution in [-0.4, -0.2) is 24.7 Å². The van der Waals surface area contributed by atoms with E-state index >= 15 is 0 Å². The van der Waals surface area contributed by atoms with Crippen molar-refractivity contribution >= 4 is 28.4 Å². The predicted molar refractivity (Wildman–Crippen MR) is 152 cm³/mol. The van der Waals surface area contributed by atoms with Crippen LogP contribution in [0.5, 0.6) is 5.75 Å². The van der Waals surface area contributed by atoms with Crippen LogP contribution in [0, 0.1) is 10.1 Å². The average Bonchev–Trinajstić information content (AvgIpc) is 3.59. The number of ether oxygens (including phenoxy) is 1. The number of nitro benzene ring substituents is 1. The van der Waals surface area contributed by atoms with Gasteiger partial charge in [-0.25, -0.2) is 0 Å². The minimum absolute atomic E-state index is 0.0674. The van der Waals surface area contributed by atoms with Crippen LogP contribution < -0.4 is 4.74 Å². The first-order valence-electron chi connectivity index (χ1n) is 12.9. The Hall–Kier alpha value is -4.37. The molecule has 8 nitrogen and oxygen atoms in total. The molecule has 1 atom stereocenters. The smallest absolute Gasteiger partial charge is 0.271 e. The first kappa shape index (κ1) is 24.9. The summed E-state index contributed by atoms with van der Waals surface area (Å²) in [6.45, 7) is 0.282. The number of hydrogen-bond acceptors (Lipinski definition) is 6. The van der Waals surface area contributed by atoms with Gasteiger partial charge in [-0.05, 0) is 66.6 Å². The lowest BCUT2D eigenvalue weighted by atomic mass is 9.88. The Morgan fingerprint density at radius 2 is 1.90 bits per heavy atom. The molecule has 2 aromatic heterocycles. The number of benzene rings is 3. The summed E-state index contributed by atoms with van der Waals surface area (Å²) in [7, 11) is 0. The number of aromatic nitrogens is 4. The predicted octanol–water partition coefficient (Wildman–Crippen LogP) is 7.35. The average molecular weight is 538 g/mol. The second-order valence-corrected chi connectivity index (χ2v) is 10.4. The summed E-state index contributed by atoms with van der Waals surface area (Å²) in [4.78, 5) is 13.9. The molecule has 0 saturated carbocycles. The number of nitrogens with one attached hydrogen (secondary N) is 1. The van der Waals surface area contributed by atoms with E-state index < -0.39 is 0 Å². The standard InChI is InChI=1S/C30H27N5O3S/c36-35(37)25-13-16-27-23(18-31-28(27)17-25)20-39-30-33-32-29(34(30)24-9-5-2-6-10-24)19-38-26-14-11-22(12-15-26)21-7-3-1-4-8-21/h1-3,5-6,9-18,21,31H,4,7-8,19-20H2/t21-/m0/s1. The van der Waals surface area contributed by atoms with Crippen LogP contribution in [0.15, 0.2) is 96.3 Å². The molecular weight excluding hydrogens is 510 g/mol. The molecule has 0 spiro atoms. The molecule has 6 rings (SSSR count). The van der Waals surface area contributed by atoms with Gasteiger partial charge in [0.05, 0.1) is 10.4 Å². The number of non-ortho nitro benzene ring substituents is 1. The van der Waals surface area contributed by atoms with E-state index in [1.807, 2.05) is 53.2 Å². The first-order valence-corrected chi connectivity index (χ1v) is 13.9. The molecule has 1 aliphatic rings. The van der Waals surface area contributed by atoms with E-state index in [0.29, 0.717) is 17.5 Å². The largest absolute Gasteiger partial charge is 0.486 e. The number of allylic oxidation sites excluding steroid dienone is 2. The van der Waals surface area contributed by atoms with Crippen LogP contribution >= 0.6 is 11.8 Å². The highest BCUT2D eigenvalue weighted by Crippen LogP contribution is 2.32. The number of hydrogen-bond donors (Lipinski definition) is 1. The van der Waals surface area contributed by atoms with Gasteiger partial charge in [0.15, 0.2) is 11.0 Å². The lowest BCUT2D eigenvalue weighted by molar-refractivity contribution is -0.384. The Morgan fingerprint density at radius 3 is 2.67 bits per heavy atom. The molecule has 1 aliphatic carbocycles. The second-order valence-electron chi connectivity index (χ2n) is 9.50. The third-order valence-corrected chi connectivity index (χ3v) is 8.00. The number of H-pyrrole nitrogens is 1. The van der Waals surface area contributed by atoms with E-state index in [1.165, 1.54) is 18.1 Å². The van der Waals surface area contributed by atoms with E-state index in [1.54, 1.807) is 23.9 Å². The normalized spacial score (nSPS) is 15.0. The van der Waals surface area contributed by atoms with Crippen LogP contribution in [0.1, 0.15) is 42.1 Å². The summed E-state index contributed by atoms with van der Waals surface area (Å²) in [6, 6.07) is 23.3. The highest BCUT2D eigenvalue weighted by atomic mass is 32.2. The quantitative estimate of drug-likeness (QED) is 0.0913. The van der Waals surface area contributed by atoms with Gasteiger partial charge in [-0.3, -0.25) is 14.7 Å². The van der Waals surface area contributed by atoms with Gasteiger partial charge in [-0.15, -0.1) is 10.2 Å². The second kappa shape index (κ2) is 11.2. The Bertz CT molecular complexity index is 1630. The monoisotopic (exact) mass is 537 g/mol. The van der Waals surface area contributed by atoms with Gasteiger partial charge in [-0.1, -0.05) is 54.2 Å². The van der Waals surface area contributed by atoms with Gasteiger partial charge >= 0.3 is 0 Å². The molecule has 0 unspecified atom stereocenters. The zero-order valence-electron chi connectivity index (χ0n) is 21.2. The maximum absolute atomic E-state index is 11.1. The number of para-hydroxylation sites is 1. The molecule has 0 aliphatic heterocycles. The molecule has 1 N–H and O–H groups in total. The van der Waals surface area contributed by atoms with Crippen molar-refractivity contribution in [2.24, 2.45) is 0 Å². The number of aromatic amines is 1. The van der Waals surface area contributed by atoms with Crippen molar-refractivity contribution < 1.29 is 9.66 Å². The minimum Gasteiger partial charge on any atom is -0.486 e.